The molecular weight excluding hydrogens is 376 g/mol. The third-order valence-electron chi connectivity index (χ3n) is 4.01. The van der Waals surface area contributed by atoms with Gasteiger partial charge in [-0.05, 0) is 60.9 Å². The van der Waals surface area contributed by atoms with Crippen LogP contribution in [-0.2, 0) is 16.2 Å². The number of amides is 2. The molecule has 0 bridgehead atoms. The summed E-state index contributed by atoms with van der Waals surface area (Å²) in [6.07, 6.45) is 2.13. The molecule has 2 aromatic rings. The first-order chi connectivity index (χ1) is 13.9. The summed E-state index contributed by atoms with van der Waals surface area (Å²) < 4.78 is 5.63. The lowest BCUT2D eigenvalue weighted by Crippen LogP contribution is -2.41. The van der Waals surface area contributed by atoms with Crippen molar-refractivity contribution in [3.63, 3.8) is 0 Å². The molecule has 29 heavy (non-hydrogen) atoms. The minimum atomic E-state index is -0.829. The average Bonchev–Trinajstić information content (AvgIpc) is 2.73. The van der Waals surface area contributed by atoms with Crippen LogP contribution in [0.3, 0.4) is 0 Å². The number of hydrogen-bond donors (Lipinski definition) is 2. The van der Waals surface area contributed by atoms with Crippen LogP contribution in [0.5, 0.6) is 5.75 Å². The van der Waals surface area contributed by atoms with Crippen LogP contribution in [0, 0.1) is 10.1 Å². The number of hydrogen-bond acceptors (Lipinski definition) is 6. The topological polar surface area (TPSA) is 123 Å². The zero-order valence-electron chi connectivity index (χ0n) is 16.1. The molecule has 0 unspecified atom stereocenters. The largest absolute Gasteiger partial charge is 0.489 e. The molecule has 0 aromatic heterocycles. The van der Waals surface area contributed by atoms with Crippen LogP contribution >= 0.6 is 0 Å². The van der Waals surface area contributed by atoms with Crippen LogP contribution in [0.4, 0.5) is 5.69 Å². The number of ether oxygens (including phenoxy) is 1. The van der Waals surface area contributed by atoms with Crippen molar-refractivity contribution in [2.24, 2.45) is 5.10 Å². The number of nitrogens with zero attached hydrogens (tertiary/aromatic N) is 2. The van der Waals surface area contributed by atoms with Gasteiger partial charge in [0.25, 0.3) is 5.69 Å². The molecule has 0 heterocycles. The van der Waals surface area contributed by atoms with E-state index >= 15 is 0 Å². The second-order valence-electron chi connectivity index (χ2n) is 6.26. The van der Waals surface area contributed by atoms with Gasteiger partial charge in [0.05, 0.1) is 11.1 Å². The van der Waals surface area contributed by atoms with E-state index in [0.29, 0.717) is 11.3 Å². The van der Waals surface area contributed by atoms with E-state index in [1.165, 1.54) is 18.3 Å². The fourth-order valence-corrected chi connectivity index (χ4v) is 2.14. The van der Waals surface area contributed by atoms with Crippen molar-refractivity contribution in [1.82, 2.24) is 10.7 Å². The summed E-state index contributed by atoms with van der Waals surface area (Å²) in [4.78, 5) is 33.4. The predicted octanol–water partition coefficient (Wildman–Crippen LogP) is 2.54. The Morgan fingerprint density at radius 2 is 1.79 bits per heavy atom. The molecular formula is C20H22N4O5. The number of benzene rings is 2. The predicted molar refractivity (Wildman–Crippen MR) is 108 cm³/mol. The molecule has 0 spiro atoms. The Labute approximate surface area is 167 Å². The monoisotopic (exact) mass is 398 g/mol. The highest BCUT2D eigenvalue weighted by Gasteiger charge is 2.14. The van der Waals surface area contributed by atoms with Gasteiger partial charge >= 0.3 is 11.8 Å². The maximum atomic E-state index is 11.6. The number of nitro groups is 1. The number of rotatable bonds is 8. The van der Waals surface area contributed by atoms with Gasteiger partial charge in [0.1, 0.15) is 12.4 Å². The Kier molecular flexibility index (Phi) is 7.84. The first-order valence-corrected chi connectivity index (χ1v) is 8.99. The van der Waals surface area contributed by atoms with E-state index in [4.69, 9.17) is 4.74 Å². The fraction of sp³-hybridized carbons (Fsp3) is 0.250. The van der Waals surface area contributed by atoms with Crippen molar-refractivity contribution in [2.45, 2.75) is 32.9 Å². The Morgan fingerprint density at radius 1 is 1.14 bits per heavy atom. The van der Waals surface area contributed by atoms with Gasteiger partial charge < -0.3 is 10.1 Å². The molecule has 2 amide bonds. The van der Waals surface area contributed by atoms with Gasteiger partial charge in [0, 0.05) is 18.2 Å². The molecule has 0 aliphatic carbocycles. The third-order valence-corrected chi connectivity index (χ3v) is 4.01. The zero-order valence-corrected chi connectivity index (χ0v) is 16.1. The van der Waals surface area contributed by atoms with Crippen LogP contribution in [0.1, 0.15) is 31.4 Å². The summed E-state index contributed by atoms with van der Waals surface area (Å²) in [7, 11) is 0. The maximum absolute atomic E-state index is 11.6. The van der Waals surface area contributed by atoms with Crippen molar-refractivity contribution < 1.29 is 19.2 Å². The Morgan fingerprint density at radius 3 is 2.38 bits per heavy atom. The summed E-state index contributed by atoms with van der Waals surface area (Å²) in [5, 5.41) is 17.0. The average molecular weight is 398 g/mol. The standard InChI is InChI=1S/C20H22N4O5/c1-3-14(2)22-19(25)20(26)23-21-12-15-6-10-18(11-7-15)29-13-16-4-8-17(9-5-16)24(27)28/h4-12,14H,3,13H2,1-2H3,(H,22,25)(H,23,26)/b21-12-/t14-/m0/s1. The molecule has 0 saturated heterocycles. The summed E-state index contributed by atoms with van der Waals surface area (Å²) in [5.74, 6) is -0.950. The first-order valence-electron chi connectivity index (χ1n) is 8.99. The van der Waals surface area contributed by atoms with Crippen LogP contribution in [-0.4, -0.2) is 29.0 Å². The molecule has 0 saturated carbocycles. The molecule has 2 aromatic carbocycles. The van der Waals surface area contributed by atoms with E-state index in [-0.39, 0.29) is 18.3 Å². The van der Waals surface area contributed by atoms with Crippen molar-refractivity contribution in [3.8, 4) is 5.75 Å². The van der Waals surface area contributed by atoms with Crippen LogP contribution < -0.4 is 15.5 Å². The van der Waals surface area contributed by atoms with Crippen molar-refractivity contribution >= 4 is 23.7 Å². The van der Waals surface area contributed by atoms with Crippen LogP contribution in [0.15, 0.2) is 53.6 Å². The highest BCUT2D eigenvalue weighted by atomic mass is 16.6. The number of carbonyl (C=O) groups is 2. The lowest BCUT2D eigenvalue weighted by Gasteiger charge is -2.09. The molecule has 152 valence electrons. The summed E-state index contributed by atoms with van der Waals surface area (Å²) in [6.45, 7) is 3.98. The van der Waals surface area contributed by atoms with E-state index in [2.05, 4.69) is 15.8 Å². The van der Waals surface area contributed by atoms with E-state index in [1.807, 2.05) is 6.92 Å². The fourth-order valence-electron chi connectivity index (χ4n) is 2.14. The molecule has 0 aliphatic heterocycles. The Balaban J connectivity index is 1.82. The number of non-ortho nitro benzene ring substituents is 1. The molecule has 9 heteroatoms. The molecule has 0 aliphatic rings. The second-order valence-corrected chi connectivity index (χ2v) is 6.26. The summed E-state index contributed by atoms with van der Waals surface area (Å²) in [6, 6.07) is 13.0. The number of nitrogens with one attached hydrogen (secondary N) is 2. The molecule has 0 radical (unpaired) electrons. The van der Waals surface area contributed by atoms with E-state index in [0.717, 1.165) is 12.0 Å². The van der Waals surface area contributed by atoms with Crippen LogP contribution in [0.2, 0.25) is 0 Å². The number of nitro benzene ring substituents is 1. The molecule has 1 atom stereocenters. The van der Waals surface area contributed by atoms with Gasteiger partial charge in [-0.3, -0.25) is 19.7 Å². The number of hydrazone groups is 1. The zero-order chi connectivity index (χ0) is 21.2. The van der Waals surface area contributed by atoms with Gasteiger partial charge in [-0.15, -0.1) is 0 Å². The third kappa shape index (κ3) is 7.06. The van der Waals surface area contributed by atoms with Crippen LogP contribution in [0.25, 0.3) is 0 Å². The van der Waals surface area contributed by atoms with E-state index < -0.39 is 16.7 Å². The smallest absolute Gasteiger partial charge is 0.329 e. The normalized spacial score (nSPS) is 11.7. The van der Waals surface area contributed by atoms with Crippen molar-refractivity contribution in [3.05, 3.63) is 69.8 Å². The van der Waals surface area contributed by atoms with E-state index in [1.54, 1.807) is 43.3 Å². The van der Waals surface area contributed by atoms with E-state index in [9.17, 15) is 19.7 Å². The Hall–Kier alpha value is -3.75. The van der Waals surface area contributed by atoms with Crippen molar-refractivity contribution in [2.75, 3.05) is 0 Å². The second kappa shape index (κ2) is 10.5. The lowest BCUT2D eigenvalue weighted by molar-refractivity contribution is -0.384. The minimum absolute atomic E-state index is 0.0295. The lowest BCUT2D eigenvalue weighted by atomic mass is 10.2. The molecule has 2 N–H and O–H groups in total. The quantitative estimate of drug-likeness (QED) is 0.306. The Bertz CT molecular complexity index is 879. The van der Waals surface area contributed by atoms with Gasteiger partial charge in [0.2, 0.25) is 0 Å². The SMILES string of the molecule is CC[C@H](C)NC(=O)C(=O)N/N=C\c1ccc(OCc2ccc([N+](=O)[O-])cc2)cc1. The molecule has 0 fully saturated rings. The minimum Gasteiger partial charge on any atom is -0.489 e. The summed E-state index contributed by atoms with van der Waals surface area (Å²) in [5.41, 5.74) is 3.71. The van der Waals surface area contributed by atoms with Gasteiger partial charge in [-0.1, -0.05) is 6.92 Å². The number of carbonyl (C=O) groups excluding carboxylic acids is 2. The van der Waals surface area contributed by atoms with Crippen molar-refractivity contribution in [1.29, 1.82) is 0 Å². The summed E-state index contributed by atoms with van der Waals surface area (Å²) >= 11 is 0. The molecule has 9 nitrogen and oxygen atoms in total. The highest BCUT2D eigenvalue weighted by Crippen LogP contribution is 2.16. The van der Waals surface area contributed by atoms with Gasteiger partial charge in [-0.2, -0.15) is 5.10 Å². The molecule has 2 rings (SSSR count). The first kappa shape index (κ1) is 21.5. The maximum Gasteiger partial charge on any atom is 0.329 e. The van der Waals surface area contributed by atoms with Gasteiger partial charge in [-0.25, -0.2) is 5.43 Å². The van der Waals surface area contributed by atoms with Gasteiger partial charge in [0.15, 0.2) is 0 Å². The highest BCUT2D eigenvalue weighted by molar-refractivity contribution is 6.35.